The second-order valence-electron chi connectivity index (χ2n) is 6.37. The number of allylic oxidation sites excluding steroid dienone is 2. The van der Waals surface area contributed by atoms with Crippen LogP contribution in [0, 0.1) is 0 Å². The monoisotopic (exact) mass is 312 g/mol. The quantitative estimate of drug-likeness (QED) is 0.363. The highest BCUT2D eigenvalue weighted by Gasteiger charge is 2.24. The molecule has 1 aliphatic rings. The minimum atomic E-state index is -0.0984. The summed E-state index contributed by atoms with van der Waals surface area (Å²) < 4.78 is 11.0. The van der Waals surface area contributed by atoms with Crippen LogP contribution in [0.2, 0.25) is 0 Å². The van der Waals surface area contributed by atoms with Gasteiger partial charge in [0.25, 0.3) is 0 Å². The molecule has 1 saturated heterocycles. The first-order valence-corrected chi connectivity index (χ1v) is 9.39. The van der Waals surface area contributed by atoms with Crippen molar-refractivity contribution in [2.24, 2.45) is 0 Å². The fourth-order valence-electron chi connectivity index (χ4n) is 2.78. The summed E-state index contributed by atoms with van der Waals surface area (Å²) in [4.78, 5) is 0. The SMILES string of the molecule is CCCCCC/C=C/CCCCCCC[C@H]1OC[C@@H](CO)O1. The molecule has 22 heavy (non-hydrogen) atoms. The normalized spacial score (nSPS) is 21.9. The van der Waals surface area contributed by atoms with Gasteiger partial charge in [0.1, 0.15) is 6.10 Å². The van der Waals surface area contributed by atoms with Crippen LogP contribution in [0.1, 0.15) is 84.0 Å². The molecule has 130 valence electrons. The molecule has 0 bridgehead atoms. The van der Waals surface area contributed by atoms with Gasteiger partial charge in [0.05, 0.1) is 13.2 Å². The summed E-state index contributed by atoms with van der Waals surface area (Å²) in [5.74, 6) is 0. The van der Waals surface area contributed by atoms with Gasteiger partial charge in [0, 0.05) is 0 Å². The third-order valence-electron chi connectivity index (χ3n) is 4.22. The number of aliphatic hydroxyl groups excluding tert-OH is 1. The Morgan fingerprint density at radius 1 is 0.909 bits per heavy atom. The maximum Gasteiger partial charge on any atom is 0.158 e. The third kappa shape index (κ3) is 10.4. The molecule has 0 amide bonds. The average Bonchev–Trinajstić information content (AvgIpc) is 3.00. The Morgan fingerprint density at radius 3 is 2.18 bits per heavy atom. The van der Waals surface area contributed by atoms with Gasteiger partial charge in [-0.1, -0.05) is 57.6 Å². The van der Waals surface area contributed by atoms with Gasteiger partial charge in [-0.3, -0.25) is 0 Å². The van der Waals surface area contributed by atoms with Crippen molar-refractivity contribution in [3.05, 3.63) is 12.2 Å². The van der Waals surface area contributed by atoms with Crippen molar-refractivity contribution in [2.75, 3.05) is 13.2 Å². The van der Waals surface area contributed by atoms with Crippen LogP contribution < -0.4 is 0 Å². The number of rotatable bonds is 14. The van der Waals surface area contributed by atoms with Gasteiger partial charge >= 0.3 is 0 Å². The first kappa shape index (κ1) is 19.7. The Bertz CT molecular complexity index is 265. The topological polar surface area (TPSA) is 38.7 Å². The molecule has 1 heterocycles. The number of aliphatic hydroxyl groups is 1. The van der Waals surface area contributed by atoms with Crippen molar-refractivity contribution < 1.29 is 14.6 Å². The molecule has 0 aromatic carbocycles. The largest absolute Gasteiger partial charge is 0.394 e. The molecule has 3 heteroatoms. The molecule has 0 aromatic rings. The molecule has 0 radical (unpaired) electrons. The number of hydrogen-bond acceptors (Lipinski definition) is 3. The minimum Gasteiger partial charge on any atom is -0.394 e. The summed E-state index contributed by atoms with van der Waals surface area (Å²) in [6.07, 6.45) is 19.8. The Hall–Kier alpha value is -0.380. The molecule has 2 atom stereocenters. The van der Waals surface area contributed by atoms with Crippen LogP contribution in [0.3, 0.4) is 0 Å². The lowest BCUT2D eigenvalue weighted by atomic mass is 10.1. The summed E-state index contributed by atoms with van der Waals surface area (Å²) >= 11 is 0. The highest BCUT2D eigenvalue weighted by atomic mass is 16.7. The second-order valence-corrected chi connectivity index (χ2v) is 6.37. The molecule has 0 spiro atoms. The van der Waals surface area contributed by atoms with Crippen molar-refractivity contribution >= 4 is 0 Å². The summed E-state index contributed by atoms with van der Waals surface area (Å²) in [6.45, 7) is 2.88. The lowest BCUT2D eigenvalue weighted by Gasteiger charge is -2.09. The van der Waals surface area contributed by atoms with Gasteiger partial charge < -0.3 is 14.6 Å². The van der Waals surface area contributed by atoms with Crippen LogP contribution in [0.25, 0.3) is 0 Å². The van der Waals surface area contributed by atoms with Crippen LogP contribution >= 0.6 is 0 Å². The second kappa shape index (κ2) is 14.2. The van der Waals surface area contributed by atoms with E-state index in [4.69, 9.17) is 14.6 Å². The van der Waals surface area contributed by atoms with E-state index in [1.807, 2.05) is 0 Å². The van der Waals surface area contributed by atoms with E-state index < -0.39 is 0 Å². The van der Waals surface area contributed by atoms with E-state index in [1.54, 1.807) is 0 Å². The summed E-state index contributed by atoms with van der Waals surface area (Å²) in [5, 5.41) is 8.96. The maximum absolute atomic E-state index is 8.96. The zero-order chi connectivity index (χ0) is 15.9. The molecule has 0 saturated carbocycles. The fraction of sp³-hybridized carbons (Fsp3) is 0.895. The molecule has 0 unspecified atom stereocenters. The van der Waals surface area contributed by atoms with Crippen molar-refractivity contribution in [3.63, 3.8) is 0 Å². The molecule has 1 fully saturated rings. The predicted molar refractivity (Wildman–Crippen MR) is 91.9 cm³/mol. The summed E-state index contributed by atoms with van der Waals surface area (Å²) in [6, 6.07) is 0. The van der Waals surface area contributed by atoms with E-state index in [9.17, 15) is 0 Å². The van der Waals surface area contributed by atoms with Crippen LogP contribution in [0.5, 0.6) is 0 Å². The van der Waals surface area contributed by atoms with E-state index in [0.29, 0.717) is 6.61 Å². The number of unbranched alkanes of at least 4 members (excludes halogenated alkanes) is 9. The molecule has 0 aromatic heterocycles. The molecule has 1 N–H and O–H groups in total. The van der Waals surface area contributed by atoms with Gasteiger partial charge in [0.15, 0.2) is 6.29 Å². The lowest BCUT2D eigenvalue weighted by molar-refractivity contribution is -0.0701. The Balaban J connectivity index is 1.77. The van der Waals surface area contributed by atoms with Gasteiger partial charge in [-0.25, -0.2) is 0 Å². The van der Waals surface area contributed by atoms with Gasteiger partial charge in [0.2, 0.25) is 0 Å². The van der Waals surface area contributed by atoms with E-state index in [0.717, 1.165) is 12.8 Å². The molecular formula is C19H36O3. The van der Waals surface area contributed by atoms with Crippen molar-refractivity contribution in [3.8, 4) is 0 Å². The van der Waals surface area contributed by atoms with Crippen LogP contribution in [0.4, 0.5) is 0 Å². The zero-order valence-corrected chi connectivity index (χ0v) is 14.5. The smallest absolute Gasteiger partial charge is 0.158 e. The average molecular weight is 312 g/mol. The fourth-order valence-corrected chi connectivity index (χ4v) is 2.78. The van der Waals surface area contributed by atoms with Crippen molar-refractivity contribution in [2.45, 2.75) is 96.4 Å². The van der Waals surface area contributed by atoms with E-state index in [-0.39, 0.29) is 19.0 Å². The van der Waals surface area contributed by atoms with E-state index >= 15 is 0 Å². The molecular weight excluding hydrogens is 276 g/mol. The molecule has 1 aliphatic heterocycles. The number of ether oxygens (including phenoxy) is 2. The van der Waals surface area contributed by atoms with Gasteiger partial charge in [-0.15, -0.1) is 0 Å². The lowest BCUT2D eigenvalue weighted by Crippen LogP contribution is -2.16. The zero-order valence-electron chi connectivity index (χ0n) is 14.5. The first-order chi connectivity index (χ1) is 10.9. The van der Waals surface area contributed by atoms with Crippen molar-refractivity contribution in [1.82, 2.24) is 0 Å². The third-order valence-corrected chi connectivity index (χ3v) is 4.22. The Morgan fingerprint density at radius 2 is 1.55 bits per heavy atom. The molecule has 1 rings (SSSR count). The van der Waals surface area contributed by atoms with Crippen LogP contribution in [-0.2, 0) is 9.47 Å². The first-order valence-electron chi connectivity index (χ1n) is 9.39. The summed E-state index contributed by atoms with van der Waals surface area (Å²) in [5.41, 5.74) is 0. The maximum atomic E-state index is 8.96. The highest BCUT2D eigenvalue weighted by Crippen LogP contribution is 2.18. The van der Waals surface area contributed by atoms with E-state index in [1.165, 1.54) is 64.2 Å². The molecule has 0 aliphatic carbocycles. The van der Waals surface area contributed by atoms with Gasteiger partial charge in [-0.05, 0) is 38.5 Å². The standard InChI is InChI=1S/C19H36O3/c1-2-3-4-5-6-7-8-9-10-11-12-13-14-15-19-21-17-18(16-20)22-19/h7-8,18-20H,2-6,9-17H2,1H3/b8-7+/t18-,19+/m1/s1. The van der Waals surface area contributed by atoms with Crippen LogP contribution in [0.15, 0.2) is 12.2 Å². The highest BCUT2D eigenvalue weighted by molar-refractivity contribution is 4.81. The minimum absolute atomic E-state index is 0.0720. The van der Waals surface area contributed by atoms with Gasteiger partial charge in [-0.2, -0.15) is 0 Å². The Kier molecular flexibility index (Phi) is 12.7. The number of hydrogen-bond donors (Lipinski definition) is 1. The summed E-state index contributed by atoms with van der Waals surface area (Å²) in [7, 11) is 0. The van der Waals surface area contributed by atoms with Crippen molar-refractivity contribution in [1.29, 1.82) is 0 Å². The molecule has 3 nitrogen and oxygen atoms in total. The Labute approximate surface area is 137 Å². The predicted octanol–water partition coefficient (Wildman–Crippen LogP) is 4.98. The van der Waals surface area contributed by atoms with Crippen LogP contribution in [-0.4, -0.2) is 30.7 Å². The van der Waals surface area contributed by atoms with E-state index in [2.05, 4.69) is 19.1 Å².